The van der Waals surface area contributed by atoms with Gasteiger partial charge in [0.15, 0.2) is 0 Å². The summed E-state index contributed by atoms with van der Waals surface area (Å²) >= 11 is 0. The number of hydrogen-bond donors (Lipinski definition) is 2. The number of carbonyl (C=O) groups excluding carboxylic acids is 1. The Morgan fingerprint density at radius 1 is 0.760 bits per heavy atom. The Kier molecular flexibility index (Phi) is 10.8. The van der Waals surface area contributed by atoms with Crippen LogP contribution in [0.5, 0.6) is 0 Å². The van der Waals surface area contributed by atoms with Crippen LogP contribution in [0.2, 0.25) is 0 Å². The van der Waals surface area contributed by atoms with E-state index in [9.17, 15) is 4.79 Å². The zero-order valence-corrected chi connectivity index (χ0v) is 29.6. The first kappa shape index (κ1) is 34.2. The van der Waals surface area contributed by atoms with E-state index in [4.69, 9.17) is 10.5 Å². The summed E-state index contributed by atoms with van der Waals surface area (Å²) in [5.74, 6) is 0.0332. The number of pyridine rings is 1. The third-order valence-corrected chi connectivity index (χ3v) is 10.7. The highest BCUT2D eigenvalue weighted by Gasteiger charge is 2.30. The highest BCUT2D eigenvalue weighted by Crippen LogP contribution is 2.28. The van der Waals surface area contributed by atoms with E-state index >= 15 is 0 Å². The molecule has 262 valence electrons. The van der Waals surface area contributed by atoms with Gasteiger partial charge in [-0.25, -0.2) is 4.98 Å². The van der Waals surface area contributed by atoms with Crippen LogP contribution in [0.1, 0.15) is 40.7 Å². The van der Waals surface area contributed by atoms with Crippen LogP contribution >= 0.6 is 0 Å². The molecule has 0 bridgehead atoms. The van der Waals surface area contributed by atoms with Gasteiger partial charge in [-0.05, 0) is 79.4 Å². The number of likely N-dealkylation sites (N-methyl/N-ethyl adjacent to an activating group) is 2. The molecule has 7 rings (SSSR count). The summed E-state index contributed by atoms with van der Waals surface area (Å²) in [5, 5.41) is 3.22. The van der Waals surface area contributed by atoms with E-state index in [0.717, 1.165) is 94.9 Å². The Labute approximate surface area is 297 Å². The number of piperazine rings is 2. The molecule has 9 nitrogen and oxygen atoms in total. The summed E-state index contributed by atoms with van der Waals surface area (Å²) in [6.07, 6.45) is 4.49. The van der Waals surface area contributed by atoms with Gasteiger partial charge in [0.1, 0.15) is 5.82 Å². The van der Waals surface area contributed by atoms with E-state index in [1.54, 1.807) is 6.20 Å². The van der Waals surface area contributed by atoms with Gasteiger partial charge in [0.2, 0.25) is 0 Å². The molecular formula is C41H51N7O2. The summed E-state index contributed by atoms with van der Waals surface area (Å²) in [6, 6.07) is 27.9. The number of nitrogens with zero attached hydrogens (tertiary/aromatic N) is 5. The molecule has 0 unspecified atom stereocenters. The van der Waals surface area contributed by atoms with Gasteiger partial charge in [-0.1, -0.05) is 60.7 Å². The van der Waals surface area contributed by atoms with E-state index in [0.29, 0.717) is 12.2 Å². The molecule has 0 spiro atoms. The van der Waals surface area contributed by atoms with E-state index in [1.165, 1.54) is 22.4 Å². The van der Waals surface area contributed by atoms with Crippen LogP contribution in [0.4, 0.5) is 11.5 Å². The van der Waals surface area contributed by atoms with Gasteiger partial charge in [-0.15, -0.1) is 0 Å². The average Bonchev–Trinajstić information content (AvgIpc) is 3.59. The molecule has 4 aromatic rings. The lowest BCUT2D eigenvalue weighted by Crippen LogP contribution is -2.44. The van der Waals surface area contributed by atoms with Crippen molar-refractivity contribution in [2.24, 2.45) is 0 Å². The third-order valence-electron chi connectivity index (χ3n) is 10.7. The first-order valence-electron chi connectivity index (χ1n) is 18.2. The van der Waals surface area contributed by atoms with Gasteiger partial charge < -0.3 is 30.5 Å². The van der Waals surface area contributed by atoms with Crippen molar-refractivity contribution in [1.82, 2.24) is 25.0 Å². The molecule has 9 heteroatoms. The van der Waals surface area contributed by atoms with Crippen LogP contribution in [0.3, 0.4) is 0 Å². The van der Waals surface area contributed by atoms with Gasteiger partial charge in [0.05, 0.1) is 24.3 Å². The number of ether oxygens (including phenoxy) is 1. The maximum atomic E-state index is 13.5. The topological polar surface area (TPSA) is 90.2 Å². The molecule has 2 atom stereocenters. The van der Waals surface area contributed by atoms with Crippen LogP contribution < -0.4 is 16.0 Å². The maximum absolute atomic E-state index is 13.5. The van der Waals surface area contributed by atoms with Crippen LogP contribution in [0.25, 0.3) is 22.3 Å². The largest absolute Gasteiger partial charge is 0.383 e. The normalized spacial score (nSPS) is 20.6. The number of nitrogen functional groups attached to an aromatic ring is 1. The second kappa shape index (κ2) is 15.7. The molecular weight excluding hydrogens is 622 g/mol. The number of benzene rings is 3. The summed E-state index contributed by atoms with van der Waals surface area (Å²) in [4.78, 5) is 27.6. The van der Waals surface area contributed by atoms with E-state index in [2.05, 4.69) is 117 Å². The summed E-state index contributed by atoms with van der Waals surface area (Å²) in [6.45, 7) is 10.2. The molecule has 1 amide bonds. The Morgan fingerprint density at radius 3 is 2.00 bits per heavy atom. The van der Waals surface area contributed by atoms with Crippen molar-refractivity contribution in [2.45, 2.75) is 44.6 Å². The zero-order chi connectivity index (χ0) is 34.5. The summed E-state index contributed by atoms with van der Waals surface area (Å²) < 4.78 is 6.39. The zero-order valence-electron chi connectivity index (χ0n) is 29.6. The van der Waals surface area contributed by atoms with Gasteiger partial charge in [-0.3, -0.25) is 9.69 Å². The predicted octanol–water partition coefficient (Wildman–Crippen LogP) is 5.36. The molecule has 1 saturated carbocycles. The van der Waals surface area contributed by atoms with Crippen molar-refractivity contribution in [3.63, 3.8) is 0 Å². The molecule has 3 heterocycles. The van der Waals surface area contributed by atoms with Crippen molar-refractivity contribution in [2.75, 3.05) is 77.1 Å². The summed E-state index contributed by atoms with van der Waals surface area (Å²) in [7, 11) is 4.36. The molecule has 1 aliphatic carbocycles. The number of rotatable bonds is 10. The Morgan fingerprint density at radius 2 is 1.34 bits per heavy atom. The predicted molar refractivity (Wildman–Crippen MR) is 202 cm³/mol. The molecule has 0 radical (unpaired) electrons. The third kappa shape index (κ3) is 8.36. The molecule has 2 saturated heterocycles. The molecule has 3 N–H and O–H groups in total. The fourth-order valence-corrected chi connectivity index (χ4v) is 7.34. The van der Waals surface area contributed by atoms with E-state index in [-0.39, 0.29) is 23.9 Å². The number of hydrogen-bond acceptors (Lipinski definition) is 8. The second-order valence-electron chi connectivity index (χ2n) is 14.3. The number of nitrogens with one attached hydrogen (secondary N) is 1. The standard InChI is InChI=1S/C41H51N7O2/c1-45-18-22-47(23-19-45)28-30-6-10-32(11-7-30)33-12-8-31(9-13-33)29-50-39-5-3-4-38(39)44-41(49)37-26-35(27-43-40(37)42)34-14-16-36(17-15-34)48-24-20-46(2)21-25-48/h6-17,26-27,38-39H,3-5,18-25,28-29H2,1-2H3,(H2,42,43)(H,44,49)/t38-,39-/m0/s1. The minimum Gasteiger partial charge on any atom is -0.383 e. The van der Waals surface area contributed by atoms with E-state index in [1.807, 2.05) is 6.07 Å². The highest BCUT2D eigenvalue weighted by atomic mass is 16.5. The van der Waals surface area contributed by atoms with Crippen LogP contribution in [0, 0.1) is 0 Å². The van der Waals surface area contributed by atoms with Crippen molar-refractivity contribution in [3.05, 3.63) is 102 Å². The number of nitrogens with two attached hydrogens (primary N) is 1. The lowest BCUT2D eigenvalue weighted by molar-refractivity contribution is 0.0272. The Bertz CT molecular complexity index is 1710. The van der Waals surface area contributed by atoms with Gasteiger partial charge in [-0.2, -0.15) is 0 Å². The van der Waals surface area contributed by atoms with E-state index < -0.39 is 0 Å². The SMILES string of the molecule is CN1CCN(Cc2ccc(-c3ccc(CO[C@H]4CCC[C@@H]4NC(=O)c4cc(-c5ccc(N6CCN(C)CC6)cc5)cnc4N)cc3)cc2)CC1. The lowest BCUT2D eigenvalue weighted by atomic mass is 10.0. The van der Waals surface area contributed by atoms with Gasteiger partial charge in [0.25, 0.3) is 5.91 Å². The maximum Gasteiger partial charge on any atom is 0.255 e. The second-order valence-corrected chi connectivity index (χ2v) is 14.3. The number of amides is 1. The monoisotopic (exact) mass is 673 g/mol. The van der Waals surface area contributed by atoms with Crippen molar-refractivity contribution >= 4 is 17.4 Å². The molecule has 1 aromatic heterocycles. The lowest BCUT2D eigenvalue weighted by Gasteiger charge is -2.34. The van der Waals surface area contributed by atoms with Crippen LogP contribution in [0.15, 0.2) is 85.1 Å². The van der Waals surface area contributed by atoms with Gasteiger partial charge in [0, 0.05) is 76.4 Å². The number of anilines is 2. The molecule has 50 heavy (non-hydrogen) atoms. The van der Waals surface area contributed by atoms with Crippen molar-refractivity contribution < 1.29 is 9.53 Å². The molecule has 3 aromatic carbocycles. The van der Waals surface area contributed by atoms with Crippen LogP contribution in [-0.2, 0) is 17.9 Å². The smallest absolute Gasteiger partial charge is 0.255 e. The van der Waals surface area contributed by atoms with Crippen LogP contribution in [-0.4, -0.2) is 104 Å². The Hall–Kier alpha value is -4.28. The quantitative estimate of drug-likeness (QED) is 0.233. The Balaban J connectivity index is 0.918. The fourth-order valence-electron chi connectivity index (χ4n) is 7.34. The minimum absolute atomic E-state index is 0.0500. The summed E-state index contributed by atoms with van der Waals surface area (Å²) in [5.41, 5.74) is 14.6. The average molecular weight is 674 g/mol. The number of carbonyl (C=O) groups is 1. The first-order valence-corrected chi connectivity index (χ1v) is 18.2. The molecule has 2 aliphatic heterocycles. The van der Waals surface area contributed by atoms with Gasteiger partial charge >= 0.3 is 0 Å². The number of aromatic nitrogens is 1. The minimum atomic E-state index is -0.203. The highest BCUT2D eigenvalue weighted by molar-refractivity contribution is 5.99. The van der Waals surface area contributed by atoms with Crippen molar-refractivity contribution in [1.29, 1.82) is 0 Å². The molecule has 3 aliphatic rings. The fraction of sp³-hybridized carbons (Fsp3) is 0.415. The first-order chi connectivity index (χ1) is 24.4. The molecule has 3 fully saturated rings. The van der Waals surface area contributed by atoms with Crippen molar-refractivity contribution in [3.8, 4) is 22.3 Å².